The second kappa shape index (κ2) is 7.17. The minimum Gasteiger partial charge on any atom is -0.443 e. The van der Waals surface area contributed by atoms with Gasteiger partial charge >= 0.3 is 6.09 Å². The first-order valence-corrected chi connectivity index (χ1v) is 8.01. The van der Waals surface area contributed by atoms with Gasteiger partial charge in [-0.05, 0) is 45.2 Å². The lowest BCUT2D eigenvalue weighted by atomic mass is 10.0. The molecule has 0 N–H and O–H groups in total. The van der Waals surface area contributed by atoms with Crippen LogP contribution in [0.4, 0.5) is 10.6 Å². The molecule has 0 radical (unpaired) electrons. The van der Waals surface area contributed by atoms with Crippen molar-refractivity contribution in [3.63, 3.8) is 0 Å². The van der Waals surface area contributed by atoms with Gasteiger partial charge in [0.05, 0.1) is 19.2 Å². The van der Waals surface area contributed by atoms with Crippen LogP contribution in [0.2, 0.25) is 0 Å². The Morgan fingerprint density at radius 2 is 2.04 bits per heavy atom. The van der Waals surface area contributed by atoms with E-state index in [0.717, 1.165) is 23.5 Å². The number of anilines is 1. The van der Waals surface area contributed by atoms with Crippen LogP contribution >= 0.6 is 0 Å². The number of pyridine rings is 1. The maximum Gasteiger partial charge on any atom is 0.416 e. The number of carbonyl (C=O) groups excluding carboxylic acids is 2. The minimum absolute atomic E-state index is 0.111. The Morgan fingerprint density at radius 3 is 2.67 bits per heavy atom. The smallest absolute Gasteiger partial charge is 0.416 e. The van der Waals surface area contributed by atoms with Crippen molar-refractivity contribution in [1.29, 1.82) is 0 Å². The van der Waals surface area contributed by atoms with Crippen molar-refractivity contribution in [3.8, 4) is 0 Å². The number of hydroxylamine groups is 2. The molecule has 2 rings (SSSR count). The van der Waals surface area contributed by atoms with Gasteiger partial charge in [-0.2, -0.15) is 0 Å². The van der Waals surface area contributed by atoms with Crippen LogP contribution in [0.5, 0.6) is 0 Å². The Labute approximate surface area is 142 Å². The van der Waals surface area contributed by atoms with E-state index in [1.165, 1.54) is 7.11 Å². The first-order chi connectivity index (χ1) is 11.2. The average molecular weight is 335 g/mol. The van der Waals surface area contributed by atoms with E-state index in [1.807, 2.05) is 32.9 Å². The van der Waals surface area contributed by atoms with Gasteiger partial charge in [0, 0.05) is 13.6 Å². The Kier molecular flexibility index (Phi) is 5.43. The van der Waals surface area contributed by atoms with Crippen molar-refractivity contribution in [3.05, 3.63) is 23.4 Å². The largest absolute Gasteiger partial charge is 0.443 e. The number of hydrogen-bond acceptors (Lipinski definition) is 5. The lowest BCUT2D eigenvalue weighted by Crippen LogP contribution is -2.40. The third-order valence-corrected chi connectivity index (χ3v) is 3.67. The quantitative estimate of drug-likeness (QED) is 0.793. The second-order valence-corrected chi connectivity index (χ2v) is 6.77. The second-order valence-electron chi connectivity index (χ2n) is 6.77. The molecule has 0 spiro atoms. The molecule has 1 aliphatic heterocycles. The fraction of sp³-hybridized carbons (Fsp3) is 0.588. The van der Waals surface area contributed by atoms with Crippen LogP contribution in [-0.4, -0.2) is 48.4 Å². The maximum absolute atomic E-state index is 12.4. The molecule has 2 amide bonds. The average Bonchev–Trinajstić information content (AvgIpc) is 2.51. The van der Waals surface area contributed by atoms with Crippen molar-refractivity contribution in [2.75, 3.05) is 25.6 Å². The summed E-state index contributed by atoms with van der Waals surface area (Å²) in [7, 11) is 2.98. The maximum atomic E-state index is 12.4. The van der Waals surface area contributed by atoms with E-state index in [2.05, 4.69) is 4.98 Å². The summed E-state index contributed by atoms with van der Waals surface area (Å²) in [5.74, 6) is 0.380. The molecule has 132 valence electrons. The summed E-state index contributed by atoms with van der Waals surface area (Å²) in [5, 5.41) is 1.16. The van der Waals surface area contributed by atoms with E-state index in [9.17, 15) is 9.59 Å². The van der Waals surface area contributed by atoms with Crippen molar-refractivity contribution in [2.45, 2.75) is 45.6 Å². The van der Waals surface area contributed by atoms with Gasteiger partial charge in [-0.25, -0.2) is 14.8 Å². The lowest BCUT2D eigenvalue weighted by molar-refractivity contribution is -0.167. The highest BCUT2D eigenvalue weighted by Gasteiger charge is 2.28. The molecule has 1 aromatic rings. The third-order valence-electron chi connectivity index (χ3n) is 3.67. The van der Waals surface area contributed by atoms with Gasteiger partial charge in [-0.15, -0.1) is 0 Å². The summed E-state index contributed by atoms with van der Waals surface area (Å²) >= 11 is 0. The van der Waals surface area contributed by atoms with Crippen molar-refractivity contribution in [2.24, 2.45) is 0 Å². The number of amides is 2. The first kappa shape index (κ1) is 18.2. The van der Waals surface area contributed by atoms with Crippen LogP contribution in [0, 0.1) is 0 Å². The molecule has 0 bridgehead atoms. The summed E-state index contributed by atoms with van der Waals surface area (Å²) in [5.41, 5.74) is 1.02. The van der Waals surface area contributed by atoms with E-state index in [4.69, 9.17) is 9.57 Å². The van der Waals surface area contributed by atoms with Crippen molar-refractivity contribution >= 4 is 17.8 Å². The number of aryl methyl sites for hydroxylation is 1. The minimum atomic E-state index is -0.566. The van der Waals surface area contributed by atoms with Gasteiger partial charge < -0.3 is 4.74 Å². The predicted molar refractivity (Wildman–Crippen MR) is 89.6 cm³/mol. The van der Waals surface area contributed by atoms with E-state index in [-0.39, 0.29) is 12.3 Å². The molecular weight excluding hydrogens is 310 g/mol. The first-order valence-electron chi connectivity index (χ1n) is 8.01. The number of aromatic nitrogens is 1. The standard InChI is InChI=1S/C17H25N3O4/c1-17(2,3)24-16(22)20-10-6-7-12-8-9-13(18-15(12)20)11-14(21)19(4)23-5/h8-9H,6-7,10-11H2,1-5H3. The molecule has 2 heterocycles. The monoisotopic (exact) mass is 335 g/mol. The number of ether oxygens (including phenoxy) is 1. The molecule has 0 atom stereocenters. The highest BCUT2D eigenvalue weighted by molar-refractivity contribution is 5.88. The zero-order chi connectivity index (χ0) is 17.9. The molecule has 1 aromatic heterocycles. The highest BCUT2D eigenvalue weighted by Crippen LogP contribution is 2.27. The number of carbonyl (C=O) groups is 2. The van der Waals surface area contributed by atoms with Crippen LogP contribution in [0.25, 0.3) is 0 Å². The van der Waals surface area contributed by atoms with Crippen molar-refractivity contribution in [1.82, 2.24) is 10.0 Å². The Morgan fingerprint density at radius 1 is 1.33 bits per heavy atom. The summed E-state index contributed by atoms with van der Waals surface area (Å²) in [6, 6.07) is 3.74. The number of hydrogen-bond donors (Lipinski definition) is 0. The van der Waals surface area contributed by atoms with Gasteiger partial charge in [0.2, 0.25) is 0 Å². The van der Waals surface area contributed by atoms with Crippen LogP contribution in [-0.2, 0) is 27.2 Å². The van der Waals surface area contributed by atoms with Gasteiger partial charge in [-0.1, -0.05) is 6.07 Å². The Hall–Kier alpha value is -2.15. The lowest BCUT2D eigenvalue weighted by Gasteiger charge is -2.31. The molecule has 0 aliphatic carbocycles. The van der Waals surface area contributed by atoms with Gasteiger partial charge in [0.25, 0.3) is 5.91 Å². The molecule has 24 heavy (non-hydrogen) atoms. The highest BCUT2D eigenvalue weighted by atomic mass is 16.7. The van der Waals surface area contributed by atoms with Crippen LogP contribution < -0.4 is 4.90 Å². The molecule has 0 unspecified atom stereocenters. The molecule has 0 aromatic carbocycles. The Balaban J connectivity index is 2.23. The SMILES string of the molecule is CON(C)C(=O)Cc1ccc2c(n1)N(C(=O)OC(C)(C)C)CCC2. The summed E-state index contributed by atoms with van der Waals surface area (Å²) < 4.78 is 5.46. The zero-order valence-electron chi connectivity index (χ0n) is 15.0. The summed E-state index contributed by atoms with van der Waals surface area (Å²) in [4.78, 5) is 35.4. The number of likely N-dealkylation sites (N-methyl/N-ethyl adjacent to an activating group) is 1. The number of nitrogens with zero attached hydrogens (tertiary/aromatic N) is 3. The summed E-state index contributed by atoms with van der Waals surface area (Å²) in [6.07, 6.45) is 1.42. The van der Waals surface area contributed by atoms with Gasteiger partial charge in [0.1, 0.15) is 11.4 Å². The fourth-order valence-corrected chi connectivity index (χ4v) is 2.44. The number of rotatable bonds is 3. The van der Waals surface area contributed by atoms with Gasteiger partial charge in [0.15, 0.2) is 0 Å². The molecule has 0 saturated carbocycles. The predicted octanol–water partition coefficient (Wildman–Crippen LogP) is 2.33. The van der Waals surface area contributed by atoms with Crippen LogP contribution in [0.1, 0.15) is 38.4 Å². The summed E-state index contributed by atoms with van der Waals surface area (Å²) in [6.45, 7) is 6.06. The number of fused-ring (bicyclic) bond motifs is 1. The van der Waals surface area contributed by atoms with Gasteiger partial charge in [-0.3, -0.25) is 14.5 Å². The molecular formula is C17H25N3O4. The van der Waals surface area contributed by atoms with E-state index < -0.39 is 11.7 Å². The topological polar surface area (TPSA) is 72.0 Å². The van der Waals surface area contributed by atoms with Crippen LogP contribution in [0.3, 0.4) is 0 Å². The third kappa shape index (κ3) is 4.44. The molecule has 0 saturated heterocycles. The van der Waals surface area contributed by atoms with E-state index in [0.29, 0.717) is 18.1 Å². The molecule has 1 aliphatic rings. The van der Waals surface area contributed by atoms with Crippen molar-refractivity contribution < 1.29 is 19.2 Å². The van der Waals surface area contributed by atoms with Crippen LogP contribution in [0.15, 0.2) is 12.1 Å². The molecule has 7 heteroatoms. The van der Waals surface area contributed by atoms with E-state index >= 15 is 0 Å². The van der Waals surface area contributed by atoms with E-state index in [1.54, 1.807) is 11.9 Å². The normalized spacial score (nSPS) is 14.1. The zero-order valence-corrected chi connectivity index (χ0v) is 15.0. The molecule has 0 fully saturated rings. The Bertz CT molecular complexity index is 625. The fourth-order valence-electron chi connectivity index (χ4n) is 2.44. The molecule has 7 nitrogen and oxygen atoms in total.